The molecule has 3 N–H and O–H groups in total. The Kier molecular flexibility index (Phi) is 6.24. The summed E-state index contributed by atoms with van der Waals surface area (Å²) < 4.78 is 10.6. The number of thiophene rings is 1. The highest BCUT2D eigenvalue weighted by molar-refractivity contribution is 7.21. The molecule has 1 amide bonds. The molecular weight excluding hydrogens is 414 g/mol. The molecule has 0 atom stereocenters. The number of ether oxygens (including phenoxy) is 2. The fourth-order valence-electron chi connectivity index (χ4n) is 2.80. The van der Waals surface area contributed by atoms with Crippen molar-refractivity contribution in [3.63, 3.8) is 0 Å². The topological polar surface area (TPSA) is 104 Å². The smallest absolute Gasteiger partial charge is 0.339 e. The highest BCUT2D eigenvalue weighted by atomic mass is 35.5. The lowest BCUT2D eigenvalue weighted by atomic mass is 10.2. The number of nitrogens with two attached hydrogens (primary N) is 1. The monoisotopic (exact) mass is 433 g/mol. The van der Waals surface area contributed by atoms with Crippen molar-refractivity contribution in [1.82, 2.24) is 4.98 Å². The van der Waals surface area contributed by atoms with Crippen molar-refractivity contribution in [3.8, 4) is 5.75 Å². The number of halogens is 1. The van der Waals surface area contributed by atoms with Crippen molar-refractivity contribution in [2.75, 3.05) is 24.3 Å². The van der Waals surface area contributed by atoms with Crippen LogP contribution >= 0.6 is 22.9 Å². The number of carbonyl (C=O) groups is 2. The maximum atomic E-state index is 12.9. The Labute approximate surface area is 176 Å². The number of rotatable bonds is 6. The molecule has 0 aliphatic heterocycles. The third-order valence-electron chi connectivity index (χ3n) is 4.02. The van der Waals surface area contributed by atoms with Crippen LogP contribution in [0.15, 0.2) is 24.3 Å². The van der Waals surface area contributed by atoms with Crippen LogP contribution in [-0.2, 0) is 4.74 Å². The second kappa shape index (κ2) is 8.67. The Morgan fingerprint density at radius 1 is 1.24 bits per heavy atom. The molecule has 0 saturated carbocycles. The zero-order valence-corrected chi connectivity index (χ0v) is 17.7. The third kappa shape index (κ3) is 4.28. The van der Waals surface area contributed by atoms with Gasteiger partial charge in [-0.05, 0) is 39.0 Å². The molecule has 2 aromatic heterocycles. The number of pyridine rings is 1. The summed E-state index contributed by atoms with van der Waals surface area (Å²) in [7, 11) is 0. The van der Waals surface area contributed by atoms with Crippen LogP contribution in [0.1, 0.15) is 39.6 Å². The van der Waals surface area contributed by atoms with Gasteiger partial charge in [0, 0.05) is 17.4 Å². The number of amides is 1. The zero-order valence-electron chi connectivity index (χ0n) is 16.2. The Morgan fingerprint density at radius 2 is 2.00 bits per heavy atom. The standard InChI is InChI=1S/C20H20ClN3O4S/c1-4-27-14-8-10(3)23-19-15(14)16(22)17(29-19)18(25)24-11-6-7-13(21)12(9-11)20(26)28-5-2/h6-9H,4-5,22H2,1-3H3,(H,24,25). The van der Waals surface area contributed by atoms with E-state index in [0.29, 0.717) is 38.8 Å². The number of anilines is 2. The van der Waals surface area contributed by atoms with E-state index < -0.39 is 11.9 Å². The quantitative estimate of drug-likeness (QED) is 0.547. The summed E-state index contributed by atoms with van der Waals surface area (Å²) in [6.45, 7) is 6.12. The van der Waals surface area contributed by atoms with Crippen molar-refractivity contribution >= 4 is 56.4 Å². The van der Waals surface area contributed by atoms with Crippen molar-refractivity contribution in [2.45, 2.75) is 20.8 Å². The van der Waals surface area contributed by atoms with Crippen LogP contribution in [0, 0.1) is 6.92 Å². The predicted molar refractivity (Wildman–Crippen MR) is 115 cm³/mol. The number of aromatic nitrogens is 1. The van der Waals surface area contributed by atoms with Crippen LogP contribution in [0.5, 0.6) is 5.75 Å². The molecule has 0 aliphatic carbocycles. The molecule has 3 rings (SSSR count). The Balaban J connectivity index is 1.95. The first-order chi connectivity index (χ1) is 13.8. The van der Waals surface area contributed by atoms with E-state index in [2.05, 4.69) is 10.3 Å². The predicted octanol–water partition coefficient (Wildman–Crippen LogP) is 4.67. The number of hydrogen-bond donors (Lipinski definition) is 2. The van der Waals surface area contributed by atoms with Crippen LogP contribution in [0.25, 0.3) is 10.2 Å². The summed E-state index contributed by atoms with van der Waals surface area (Å²) >= 11 is 7.25. The number of benzene rings is 1. The highest BCUT2D eigenvalue weighted by Crippen LogP contribution is 2.39. The lowest BCUT2D eigenvalue weighted by molar-refractivity contribution is 0.0526. The van der Waals surface area contributed by atoms with Crippen LogP contribution in [0.2, 0.25) is 5.02 Å². The van der Waals surface area contributed by atoms with Gasteiger partial charge in [0.05, 0.1) is 34.9 Å². The van der Waals surface area contributed by atoms with E-state index in [9.17, 15) is 9.59 Å². The molecule has 0 saturated heterocycles. The lowest BCUT2D eigenvalue weighted by Gasteiger charge is -2.09. The van der Waals surface area contributed by atoms with Gasteiger partial charge in [-0.15, -0.1) is 11.3 Å². The van der Waals surface area contributed by atoms with Crippen LogP contribution in [0.3, 0.4) is 0 Å². The average Bonchev–Trinajstić information content (AvgIpc) is 3.00. The minimum absolute atomic E-state index is 0.173. The van der Waals surface area contributed by atoms with Crippen molar-refractivity contribution in [3.05, 3.63) is 45.4 Å². The van der Waals surface area contributed by atoms with Crippen LogP contribution in [-0.4, -0.2) is 30.1 Å². The maximum Gasteiger partial charge on any atom is 0.339 e. The third-order valence-corrected chi connectivity index (χ3v) is 5.44. The number of aryl methyl sites for hydroxylation is 1. The molecule has 29 heavy (non-hydrogen) atoms. The summed E-state index contributed by atoms with van der Waals surface area (Å²) in [5.74, 6) is -0.377. The normalized spacial score (nSPS) is 10.8. The van der Waals surface area contributed by atoms with Crippen molar-refractivity contribution < 1.29 is 19.1 Å². The Hall–Kier alpha value is -2.84. The number of nitrogens with zero attached hydrogens (tertiary/aromatic N) is 1. The summed E-state index contributed by atoms with van der Waals surface area (Å²) in [5, 5.41) is 3.61. The summed E-state index contributed by atoms with van der Waals surface area (Å²) in [6.07, 6.45) is 0. The van der Waals surface area contributed by atoms with E-state index in [-0.39, 0.29) is 17.2 Å². The number of hydrogen-bond acceptors (Lipinski definition) is 7. The van der Waals surface area contributed by atoms with Gasteiger partial charge in [0.15, 0.2) is 0 Å². The molecule has 7 nitrogen and oxygen atoms in total. The SMILES string of the molecule is CCOC(=O)c1cc(NC(=O)c2sc3nc(C)cc(OCC)c3c2N)ccc1Cl. The number of fused-ring (bicyclic) bond motifs is 1. The minimum Gasteiger partial charge on any atom is -0.493 e. The largest absolute Gasteiger partial charge is 0.493 e. The first-order valence-electron chi connectivity index (χ1n) is 8.96. The lowest BCUT2D eigenvalue weighted by Crippen LogP contribution is -2.13. The molecule has 0 bridgehead atoms. The summed E-state index contributed by atoms with van der Waals surface area (Å²) in [6, 6.07) is 6.38. The van der Waals surface area contributed by atoms with Crippen molar-refractivity contribution in [1.29, 1.82) is 0 Å². The van der Waals surface area contributed by atoms with E-state index in [0.717, 1.165) is 5.69 Å². The van der Waals surface area contributed by atoms with Gasteiger partial charge in [-0.3, -0.25) is 4.79 Å². The number of nitrogen functional groups attached to an aromatic ring is 1. The van der Waals surface area contributed by atoms with Gasteiger partial charge >= 0.3 is 5.97 Å². The van der Waals surface area contributed by atoms with Gasteiger partial charge in [0.2, 0.25) is 0 Å². The van der Waals surface area contributed by atoms with E-state index in [1.54, 1.807) is 19.1 Å². The minimum atomic E-state index is -0.559. The molecule has 0 radical (unpaired) electrons. The van der Waals surface area contributed by atoms with E-state index in [4.69, 9.17) is 26.8 Å². The van der Waals surface area contributed by atoms with Gasteiger partial charge < -0.3 is 20.5 Å². The molecule has 0 fully saturated rings. The molecule has 0 spiro atoms. The van der Waals surface area contributed by atoms with Crippen molar-refractivity contribution in [2.24, 2.45) is 0 Å². The molecule has 1 aromatic carbocycles. The molecule has 0 unspecified atom stereocenters. The van der Waals surface area contributed by atoms with E-state index in [1.807, 2.05) is 13.8 Å². The first kappa shape index (κ1) is 20.9. The fraction of sp³-hybridized carbons (Fsp3) is 0.250. The molecule has 2 heterocycles. The molecular formula is C20H20ClN3O4S. The van der Waals surface area contributed by atoms with Gasteiger partial charge in [0.25, 0.3) is 5.91 Å². The number of carbonyl (C=O) groups excluding carboxylic acids is 2. The Morgan fingerprint density at radius 3 is 2.69 bits per heavy atom. The first-order valence-corrected chi connectivity index (χ1v) is 10.2. The fourth-order valence-corrected chi connectivity index (χ4v) is 4.04. The highest BCUT2D eigenvalue weighted by Gasteiger charge is 2.21. The molecule has 3 aromatic rings. The molecule has 152 valence electrons. The van der Waals surface area contributed by atoms with Gasteiger partial charge in [-0.1, -0.05) is 11.6 Å². The summed E-state index contributed by atoms with van der Waals surface area (Å²) in [4.78, 5) is 30.3. The maximum absolute atomic E-state index is 12.9. The van der Waals surface area contributed by atoms with Gasteiger partial charge in [-0.25, -0.2) is 9.78 Å². The number of nitrogens with one attached hydrogen (secondary N) is 1. The molecule has 9 heteroatoms. The van der Waals surface area contributed by atoms with E-state index >= 15 is 0 Å². The number of esters is 1. The second-order valence-corrected chi connectivity index (χ2v) is 7.50. The van der Waals surface area contributed by atoms with Gasteiger partial charge in [0.1, 0.15) is 15.5 Å². The molecule has 0 aliphatic rings. The Bertz CT molecular complexity index is 1100. The van der Waals surface area contributed by atoms with Crippen LogP contribution in [0.4, 0.5) is 11.4 Å². The second-order valence-electron chi connectivity index (χ2n) is 6.09. The summed E-state index contributed by atoms with van der Waals surface area (Å²) in [5.41, 5.74) is 7.89. The zero-order chi connectivity index (χ0) is 21.1. The van der Waals surface area contributed by atoms with Crippen LogP contribution < -0.4 is 15.8 Å². The average molecular weight is 434 g/mol. The van der Waals surface area contributed by atoms with Gasteiger partial charge in [-0.2, -0.15) is 0 Å². The van der Waals surface area contributed by atoms with E-state index in [1.165, 1.54) is 23.5 Å².